The number of methoxy groups -OCH3 is 2. The van der Waals surface area contributed by atoms with Gasteiger partial charge >= 0.3 is 20.2 Å². The number of nitrogens with two attached hydrogens (primary N) is 1. The highest BCUT2D eigenvalue weighted by Crippen LogP contribution is 2.48. The van der Waals surface area contributed by atoms with Crippen LogP contribution in [0.5, 0.6) is 28.7 Å². The van der Waals surface area contributed by atoms with Crippen molar-refractivity contribution in [3.8, 4) is 51.0 Å². The largest absolute Gasteiger partial charge is 0.496 e. The predicted octanol–water partition coefficient (Wildman–Crippen LogP) is 4.88. The highest BCUT2D eigenvalue weighted by Gasteiger charge is 2.22. The van der Waals surface area contributed by atoms with Crippen molar-refractivity contribution in [3.63, 3.8) is 0 Å². The number of hydrogen-bond acceptors (Lipinski definition) is 10. The first-order chi connectivity index (χ1) is 19.4. The van der Waals surface area contributed by atoms with Crippen molar-refractivity contribution in [2.24, 2.45) is 0 Å². The Hall–Kier alpha value is -4.42. The van der Waals surface area contributed by atoms with Gasteiger partial charge in [0.15, 0.2) is 11.5 Å². The topological polar surface area (TPSA) is 140 Å². The van der Waals surface area contributed by atoms with E-state index in [2.05, 4.69) is 0 Å². The standard InChI is InChI=1S/C29H29NO9S2/c1-35-26-17-23(20-10-13-22(14-11-20)38-40(3,31)32)29(36-2)28(30)27(26)21-12-15-24(25(16-21)39-41(4,33)34)37-18-19-8-6-5-7-9-19/h5-17H,18,30H2,1-4H3. The Morgan fingerprint density at radius 2 is 1.32 bits per heavy atom. The molecule has 0 saturated carbocycles. The molecule has 4 aromatic rings. The monoisotopic (exact) mass is 599 g/mol. The summed E-state index contributed by atoms with van der Waals surface area (Å²) in [5.41, 5.74) is 9.89. The van der Waals surface area contributed by atoms with E-state index in [9.17, 15) is 16.8 Å². The molecule has 0 unspecified atom stereocenters. The van der Waals surface area contributed by atoms with Gasteiger partial charge in [0.25, 0.3) is 0 Å². The third-order valence-electron chi connectivity index (χ3n) is 5.83. The zero-order chi connectivity index (χ0) is 29.8. The molecule has 0 aliphatic rings. The number of rotatable bonds is 11. The molecule has 4 rings (SSSR count). The van der Waals surface area contributed by atoms with Crippen molar-refractivity contribution in [1.82, 2.24) is 0 Å². The Kier molecular flexibility index (Phi) is 8.64. The second kappa shape index (κ2) is 12.0. The van der Waals surface area contributed by atoms with E-state index in [0.717, 1.165) is 18.1 Å². The minimum Gasteiger partial charge on any atom is -0.496 e. The summed E-state index contributed by atoms with van der Waals surface area (Å²) in [6.07, 6.45) is 1.90. The second-order valence-electron chi connectivity index (χ2n) is 8.98. The van der Waals surface area contributed by atoms with E-state index in [1.54, 1.807) is 30.3 Å². The quantitative estimate of drug-likeness (QED) is 0.187. The van der Waals surface area contributed by atoms with E-state index < -0.39 is 20.2 Å². The molecule has 0 radical (unpaired) electrons. The maximum Gasteiger partial charge on any atom is 0.306 e. The molecule has 4 aromatic carbocycles. The zero-order valence-corrected chi connectivity index (χ0v) is 24.4. The maximum atomic E-state index is 12.1. The number of hydrogen-bond donors (Lipinski definition) is 1. The highest BCUT2D eigenvalue weighted by atomic mass is 32.2. The van der Waals surface area contributed by atoms with E-state index in [0.29, 0.717) is 33.8 Å². The summed E-state index contributed by atoms with van der Waals surface area (Å²) in [5.74, 6) is 1.05. The van der Waals surface area contributed by atoms with Crippen LogP contribution in [0, 0.1) is 0 Å². The van der Waals surface area contributed by atoms with Gasteiger partial charge in [-0.05, 0) is 47.0 Å². The number of anilines is 1. The van der Waals surface area contributed by atoms with Gasteiger partial charge in [0.1, 0.15) is 23.9 Å². The summed E-state index contributed by atoms with van der Waals surface area (Å²) in [7, 11) is -4.63. The van der Waals surface area contributed by atoms with Gasteiger partial charge in [-0.25, -0.2) is 0 Å². The minimum atomic E-state index is -3.89. The average molecular weight is 600 g/mol. The molecule has 0 amide bonds. The number of nitrogen functional groups attached to an aromatic ring is 1. The molecule has 41 heavy (non-hydrogen) atoms. The molecule has 2 N–H and O–H groups in total. The van der Waals surface area contributed by atoms with Crippen molar-refractivity contribution >= 4 is 25.9 Å². The van der Waals surface area contributed by atoms with Gasteiger partial charge in [0.05, 0.1) is 38.0 Å². The molecular formula is C29H29NO9S2. The molecule has 0 spiro atoms. The second-order valence-corrected chi connectivity index (χ2v) is 12.1. The van der Waals surface area contributed by atoms with Crippen molar-refractivity contribution in [1.29, 1.82) is 0 Å². The van der Waals surface area contributed by atoms with Gasteiger partial charge in [-0.15, -0.1) is 0 Å². The number of ether oxygens (including phenoxy) is 3. The van der Waals surface area contributed by atoms with Gasteiger partial charge in [-0.3, -0.25) is 0 Å². The summed E-state index contributed by atoms with van der Waals surface area (Å²) >= 11 is 0. The Balaban J connectivity index is 1.78. The fourth-order valence-corrected chi connectivity index (χ4v) is 5.08. The van der Waals surface area contributed by atoms with Crippen LogP contribution in [-0.4, -0.2) is 43.6 Å². The molecule has 0 saturated heterocycles. The predicted molar refractivity (Wildman–Crippen MR) is 157 cm³/mol. The molecule has 0 aromatic heterocycles. The van der Waals surface area contributed by atoms with Crippen molar-refractivity contribution in [2.45, 2.75) is 6.61 Å². The summed E-state index contributed by atoms with van der Waals surface area (Å²) in [5, 5.41) is 0. The lowest BCUT2D eigenvalue weighted by Crippen LogP contribution is -2.08. The summed E-state index contributed by atoms with van der Waals surface area (Å²) in [4.78, 5) is 0. The Labute approximate surface area is 239 Å². The van der Waals surface area contributed by atoms with Crippen LogP contribution in [0.3, 0.4) is 0 Å². The number of benzene rings is 4. The van der Waals surface area contributed by atoms with Crippen LogP contribution in [-0.2, 0) is 26.8 Å². The van der Waals surface area contributed by atoms with Gasteiger partial charge < -0.3 is 28.3 Å². The van der Waals surface area contributed by atoms with E-state index in [1.807, 2.05) is 30.3 Å². The molecule has 12 heteroatoms. The third kappa shape index (κ3) is 7.41. The van der Waals surface area contributed by atoms with Crippen LogP contribution in [0.2, 0.25) is 0 Å². The first-order valence-electron chi connectivity index (χ1n) is 12.1. The third-order valence-corrected chi connectivity index (χ3v) is 6.81. The van der Waals surface area contributed by atoms with Crippen molar-refractivity contribution in [3.05, 3.63) is 84.4 Å². The molecule has 10 nitrogen and oxygen atoms in total. The summed E-state index contributed by atoms with van der Waals surface area (Å²) in [6.45, 7) is 0.197. The molecule has 0 aliphatic heterocycles. The zero-order valence-electron chi connectivity index (χ0n) is 22.8. The summed E-state index contributed by atoms with van der Waals surface area (Å²) in [6, 6.07) is 22.3. The molecule has 216 valence electrons. The van der Waals surface area contributed by atoms with E-state index >= 15 is 0 Å². The van der Waals surface area contributed by atoms with Crippen LogP contribution in [0.15, 0.2) is 78.9 Å². The van der Waals surface area contributed by atoms with E-state index in [1.165, 1.54) is 32.4 Å². The van der Waals surface area contributed by atoms with Gasteiger partial charge in [0, 0.05) is 5.56 Å². The maximum absolute atomic E-state index is 12.1. The first kappa shape index (κ1) is 29.6. The Morgan fingerprint density at radius 3 is 1.90 bits per heavy atom. The van der Waals surface area contributed by atoms with Gasteiger partial charge in [-0.2, -0.15) is 16.8 Å². The Bertz CT molecular complexity index is 1750. The molecule has 0 atom stereocenters. The van der Waals surface area contributed by atoms with Gasteiger partial charge in [-0.1, -0.05) is 48.5 Å². The van der Waals surface area contributed by atoms with Gasteiger partial charge in [0.2, 0.25) is 0 Å². The SMILES string of the molecule is COc1cc(-c2ccc(OS(C)(=O)=O)cc2)c(OC)c(N)c1-c1ccc(OCc2ccccc2)c(OS(C)(=O)=O)c1. The lowest BCUT2D eigenvalue weighted by molar-refractivity contribution is 0.296. The van der Waals surface area contributed by atoms with Crippen LogP contribution >= 0.6 is 0 Å². The first-order valence-corrected chi connectivity index (χ1v) is 15.8. The average Bonchev–Trinajstić information content (AvgIpc) is 2.91. The molecule has 0 bridgehead atoms. The van der Waals surface area contributed by atoms with Crippen LogP contribution < -0.4 is 28.3 Å². The van der Waals surface area contributed by atoms with Crippen LogP contribution in [0.1, 0.15) is 5.56 Å². The fraction of sp³-hybridized carbons (Fsp3) is 0.172. The minimum absolute atomic E-state index is 0.0214. The fourth-order valence-electron chi connectivity index (χ4n) is 4.16. The smallest absolute Gasteiger partial charge is 0.306 e. The molecule has 0 heterocycles. The van der Waals surface area contributed by atoms with Crippen molar-refractivity contribution in [2.75, 3.05) is 32.5 Å². The highest BCUT2D eigenvalue weighted by molar-refractivity contribution is 7.86. The van der Waals surface area contributed by atoms with Crippen LogP contribution in [0.4, 0.5) is 5.69 Å². The lowest BCUT2D eigenvalue weighted by Gasteiger charge is -2.20. The van der Waals surface area contributed by atoms with Crippen LogP contribution in [0.25, 0.3) is 22.3 Å². The normalized spacial score (nSPS) is 11.5. The molecular weight excluding hydrogens is 570 g/mol. The lowest BCUT2D eigenvalue weighted by atomic mass is 9.95. The van der Waals surface area contributed by atoms with Crippen molar-refractivity contribution < 1.29 is 39.4 Å². The molecule has 0 fully saturated rings. The summed E-state index contributed by atoms with van der Waals surface area (Å²) < 4.78 is 74.5. The molecule has 0 aliphatic carbocycles. The van der Waals surface area contributed by atoms with E-state index in [4.69, 9.17) is 28.3 Å². The van der Waals surface area contributed by atoms with E-state index in [-0.39, 0.29) is 29.5 Å². The Morgan fingerprint density at radius 1 is 0.683 bits per heavy atom.